The fourth-order valence-corrected chi connectivity index (χ4v) is 0.761. The molecule has 0 bridgehead atoms. The van der Waals surface area contributed by atoms with Crippen LogP contribution in [-0.2, 0) is 0 Å². The third-order valence-electron chi connectivity index (χ3n) is 1.28. The normalized spacial score (nSPS) is 10.6. The summed E-state index contributed by atoms with van der Waals surface area (Å²) in [5.41, 5.74) is 6.20. The third kappa shape index (κ3) is 1.16. The fraction of sp³-hybridized carbons (Fsp3) is 0.125. The summed E-state index contributed by atoms with van der Waals surface area (Å²) in [5.74, 6) is -0.465. The van der Waals surface area contributed by atoms with Crippen LogP contribution in [0, 0.1) is 6.90 Å². The summed E-state index contributed by atoms with van der Waals surface area (Å²) in [4.78, 5) is 10.7. The molecule has 0 spiro atoms. The highest BCUT2D eigenvalue weighted by Gasteiger charge is 2.00. The predicted octanol–water partition coefficient (Wildman–Crippen LogP) is 1.09. The molecule has 10 heavy (non-hydrogen) atoms. The Morgan fingerprint density at radius 3 is 2.80 bits per heavy atom. The molecule has 0 aliphatic rings. The first kappa shape index (κ1) is 5.47. The van der Waals surface area contributed by atoms with Crippen molar-refractivity contribution in [1.29, 1.82) is 0 Å². The van der Waals surface area contributed by atoms with Gasteiger partial charge in [-0.25, -0.2) is 0 Å². The van der Waals surface area contributed by atoms with E-state index in [0.717, 1.165) is 0 Å². The van der Waals surface area contributed by atoms with Crippen LogP contribution in [0.5, 0.6) is 0 Å². The summed E-state index contributed by atoms with van der Waals surface area (Å²) in [5, 5.41) is 0. The van der Waals surface area contributed by atoms with Crippen LogP contribution in [0.2, 0.25) is 0 Å². The maximum atomic E-state index is 10.7. The van der Waals surface area contributed by atoms with Crippen molar-refractivity contribution in [3.8, 4) is 0 Å². The lowest BCUT2D eigenvalue weighted by atomic mass is 10.1. The van der Waals surface area contributed by atoms with Gasteiger partial charge in [-0.3, -0.25) is 4.79 Å². The Hall–Kier alpha value is -1.31. The van der Waals surface area contributed by atoms with Gasteiger partial charge in [0.25, 0.3) is 0 Å². The van der Waals surface area contributed by atoms with E-state index in [2.05, 4.69) is 0 Å². The molecule has 0 unspecified atom stereocenters. The number of amides is 1. The van der Waals surface area contributed by atoms with Crippen molar-refractivity contribution in [3.63, 3.8) is 0 Å². The first-order chi connectivity index (χ1) is 5.25. The standard InChI is InChI=1S/C8H9NO/c1-6-4-2-3-5-7(6)8(9)10/h2-5H,1H3,(H2,9,10)/i1D. The quantitative estimate of drug-likeness (QED) is 0.617. The van der Waals surface area contributed by atoms with E-state index in [1.165, 1.54) is 0 Å². The van der Waals surface area contributed by atoms with Gasteiger partial charge in [-0.2, -0.15) is 0 Å². The molecule has 0 atom stereocenters. The van der Waals surface area contributed by atoms with Gasteiger partial charge in [0.05, 0.1) is 0 Å². The zero-order valence-corrected chi connectivity index (χ0v) is 5.50. The topological polar surface area (TPSA) is 43.1 Å². The molecule has 52 valence electrons. The number of aryl methyl sites for hydroxylation is 1. The number of hydrogen-bond acceptors (Lipinski definition) is 1. The lowest BCUT2D eigenvalue weighted by Crippen LogP contribution is -2.12. The second-order valence-corrected chi connectivity index (χ2v) is 2.02. The van der Waals surface area contributed by atoms with Crippen LogP contribution in [0.25, 0.3) is 0 Å². The van der Waals surface area contributed by atoms with Crippen molar-refractivity contribution in [2.45, 2.75) is 6.90 Å². The highest BCUT2D eigenvalue weighted by atomic mass is 16.1. The number of rotatable bonds is 1. The van der Waals surface area contributed by atoms with Gasteiger partial charge >= 0.3 is 0 Å². The van der Waals surface area contributed by atoms with Crippen LogP contribution in [0.15, 0.2) is 24.3 Å². The molecule has 1 amide bonds. The highest BCUT2D eigenvalue weighted by Crippen LogP contribution is 2.04. The van der Waals surface area contributed by atoms with E-state index < -0.39 is 5.91 Å². The SMILES string of the molecule is [2H]Cc1ccccc1C(N)=O. The summed E-state index contributed by atoms with van der Waals surface area (Å²) in [6, 6.07) is 6.88. The fourth-order valence-electron chi connectivity index (χ4n) is 0.761. The van der Waals surface area contributed by atoms with Gasteiger partial charge < -0.3 is 5.73 Å². The summed E-state index contributed by atoms with van der Waals surface area (Å²) in [7, 11) is 0. The van der Waals surface area contributed by atoms with E-state index in [1.54, 1.807) is 24.3 Å². The van der Waals surface area contributed by atoms with Gasteiger partial charge in [-0.15, -0.1) is 0 Å². The maximum absolute atomic E-state index is 10.7. The Bertz CT molecular complexity index is 273. The van der Waals surface area contributed by atoms with Gasteiger partial charge in [0.2, 0.25) is 5.91 Å². The molecule has 2 N–H and O–H groups in total. The molecule has 0 fully saturated rings. The molecule has 0 radical (unpaired) electrons. The van der Waals surface area contributed by atoms with Gasteiger partial charge in [-0.1, -0.05) is 18.2 Å². The Morgan fingerprint density at radius 1 is 1.60 bits per heavy atom. The molecular formula is C8H9NO. The Balaban J connectivity index is 3.12. The molecule has 0 saturated carbocycles. The van der Waals surface area contributed by atoms with Crippen molar-refractivity contribution in [1.82, 2.24) is 0 Å². The first-order valence-electron chi connectivity index (χ1n) is 3.63. The summed E-state index contributed by atoms with van der Waals surface area (Å²) >= 11 is 0. The van der Waals surface area contributed by atoms with Crippen molar-refractivity contribution < 1.29 is 6.17 Å². The molecule has 1 aromatic rings. The van der Waals surface area contributed by atoms with Crippen LogP contribution in [0.4, 0.5) is 0 Å². The summed E-state index contributed by atoms with van der Waals surface area (Å²) < 4.78 is 7.07. The minimum absolute atomic E-state index is 0.0963. The number of hydrogen-bond donors (Lipinski definition) is 1. The van der Waals surface area contributed by atoms with Crippen molar-refractivity contribution in [2.75, 3.05) is 0 Å². The number of carbonyl (C=O) groups excluding carboxylic acids is 1. The van der Waals surface area contributed by atoms with Crippen LogP contribution >= 0.6 is 0 Å². The van der Waals surface area contributed by atoms with E-state index >= 15 is 0 Å². The number of carbonyl (C=O) groups is 1. The minimum Gasteiger partial charge on any atom is -0.366 e. The Labute approximate surface area is 61.1 Å². The lowest BCUT2D eigenvalue weighted by molar-refractivity contribution is 0.1000. The van der Waals surface area contributed by atoms with Crippen LogP contribution in [-0.4, -0.2) is 5.91 Å². The monoisotopic (exact) mass is 136 g/mol. The molecule has 2 nitrogen and oxygen atoms in total. The van der Waals surface area contributed by atoms with E-state index in [0.29, 0.717) is 11.1 Å². The first-order valence-corrected chi connectivity index (χ1v) is 2.92. The van der Waals surface area contributed by atoms with Crippen molar-refractivity contribution in [3.05, 3.63) is 35.4 Å². The zero-order valence-electron chi connectivity index (χ0n) is 6.50. The second-order valence-electron chi connectivity index (χ2n) is 2.02. The van der Waals surface area contributed by atoms with Gasteiger partial charge in [-0.05, 0) is 18.5 Å². The van der Waals surface area contributed by atoms with Crippen molar-refractivity contribution >= 4 is 5.91 Å². The number of benzene rings is 1. The molecule has 0 saturated heterocycles. The van der Waals surface area contributed by atoms with E-state index in [9.17, 15) is 4.79 Å². The van der Waals surface area contributed by atoms with Crippen LogP contribution < -0.4 is 5.73 Å². The molecule has 0 aliphatic heterocycles. The predicted molar refractivity (Wildman–Crippen MR) is 39.7 cm³/mol. The molecule has 2 heteroatoms. The lowest BCUT2D eigenvalue weighted by Gasteiger charge is -1.97. The largest absolute Gasteiger partial charge is 0.366 e. The summed E-state index contributed by atoms with van der Waals surface area (Å²) in [6.07, 6.45) is 0. The molecule has 1 aromatic carbocycles. The Morgan fingerprint density at radius 2 is 2.30 bits per heavy atom. The van der Waals surface area contributed by atoms with E-state index in [-0.39, 0.29) is 6.90 Å². The van der Waals surface area contributed by atoms with Crippen LogP contribution in [0.1, 0.15) is 17.3 Å². The zero-order chi connectivity index (χ0) is 8.27. The second kappa shape index (κ2) is 2.52. The van der Waals surface area contributed by atoms with Gasteiger partial charge in [0.1, 0.15) is 0 Å². The van der Waals surface area contributed by atoms with E-state index in [1.807, 2.05) is 0 Å². The molecule has 0 aromatic heterocycles. The molecule has 0 heterocycles. The average molecular weight is 136 g/mol. The Kier molecular flexibility index (Phi) is 1.38. The average Bonchev–Trinajstić information content (AvgIpc) is 2.04. The minimum atomic E-state index is -0.465. The third-order valence-corrected chi connectivity index (χ3v) is 1.28. The molecule has 0 aliphatic carbocycles. The highest BCUT2D eigenvalue weighted by molar-refractivity contribution is 5.94. The van der Waals surface area contributed by atoms with Gasteiger partial charge in [0.15, 0.2) is 0 Å². The smallest absolute Gasteiger partial charge is 0.248 e. The number of primary amides is 1. The van der Waals surface area contributed by atoms with Crippen LogP contribution in [0.3, 0.4) is 0 Å². The van der Waals surface area contributed by atoms with Crippen molar-refractivity contribution in [2.24, 2.45) is 5.73 Å². The summed E-state index contributed by atoms with van der Waals surface area (Å²) in [6.45, 7) is 0.0963. The molecular weight excluding hydrogens is 126 g/mol. The van der Waals surface area contributed by atoms with E-state index in [4.69, 9.17) is 7.10 Å². The maximum Gasteiger partial charge on any atom is 0.248 e. The number of nitrogens with two attached hydrogens (primary N) is 1. The van der Waals surface area contributed by atoms with Gasteiger partial charge in [0, 0.05) is 6.93 Å². The molecule has 1 rings (SSSR count).